The van der Waals surface area contributed by atoms with Crippen molar-refractivity contribution in [2.75, 3.05) is 26.2 Å². The minimum absolute atomic E-state index is 0.113. The number of nitrogens with two attached hydrogens (primary N) is 1. The van der Waals surface area contributed by atoms with Crippen LogP contribution in [0, 0.1) is 5.92 Å². The van der Waals surface area contributed by atoms with E-state index in [0.29, 0.717) is 12.0 Å². The monoisotopic (exact) mass is 214 g/mol. The first-order valence-electron chi connectivity index (χ1n) is 6.07. The fourth-order valence-electron chi connectivity index (χ4n) is 2.19. The van der Waals surface area contributed by atoms with E-state index in [1.165, 1.54) is 0 Å². The molecule has 0 aliphatic carbocycles. The molecule has 3 nitrogen and oxygen atoms in total. The van der Waals surface area contributed by atoms with Crippen molar-refractivity contribution in [2.24, 2.45) is 11.7 Å². The van der Waals surface area contributed by atoms with Gasteiger partial charge in [-0.1, -0.05) is 13.8 Å². The van der Waals surface area contributed by atoms with Gasteiger partial charge >= 0.3 is 0 Å². The van der Waals surface area contributed by atoms with Gasteiger partial charge in [-0.15, -0.1) is 0 Å². The van der Waals surface area contributed by atoms with Crippen LogP contribution in [0.4, 0.5) is 0 Å². The molecule has 1 aliphatic heterocycles. The van der Waals surface area contributed by atoms with E-state index in [9.17, 15) is 0 Å². The van der Waals surface area contributed by atoms with Gasteiger partial charge in [0.1, 0.15) is 0 Å². The molecule has 15 heavy (non-hydrogen) atoms. The standard InChI is InChI=1S/C12H26N2O/c1-10(2)12(4,9-13)14-6-5-7-15-11(3)8-14/h10-11H,5-9,13H2,1-4H3. The predicted octanol–water partition coefficient (Wildman–Crippen LogP) is 1.47. The number of rotatable bonds is 3. The van der Waals surface area contributed by atoms with E-state index in [-0.39, 0.29) is 5.54 Å². The maximum Gasteiger partial charge on any atom is 0.0674 e. The van der Waals surface area contributed by atoms with Crippen LogP contribution in [0.5, 0.6) is 0 Å². The average Bonchev–Trinajstić information content (AvgIpc) is 2.41. The van der Waals surface area contributed by atoms with Gasteiger partial charge in [-0.2, -0.15) is 0 Å². The van der Waals surface area contributed by atoms with Crippen molar-refractivity contribution in [3.8, 4) is 0 Å². The van der Waals surface area contributed by atoms with Crippen LogP contribution < -0.4 is 5.73 Å². The molecule has 0 bridgehead atoms. The highest BCUT2D eigenvalue weighted by molar-refractivity contribution is 4.91. The van der Waals surface area contributed by atoms with Crippen LogP contribution in [0.1, 0.15) is 34.1 Å². The third kappa shape index (κ3) is 2.92. The summed E-state index contributed by atoms with van der Waals surface area (Å²) in [6.45, 7) is 12.6. The summed E-state index contributed by atoms with van der Waals surface area (Å²) in [4.78, 5) is 2.51. The molecule has 0 aromatic carbocycles. The third-order valence-corrected chi connectivity index (χ3v) is 3.83. The van der Waals surface area contributed by atoms with Gasteiger partial charge in [0, 0.05) is 31.8 Å². The molecule has 1 heterocycles. The molecule has 0 aromatic rings. The van der Waals surface area contributed by atoms with Gasteiger partial charge in [0.15, 0.2) is 0 Å². The summed E-state index contributed by atoms with van der Waals surface area (Å²) in [7, 11) is 0. The highest BCUT2D eigenvalue weighted by Crippen LogP contribution is 2.25. The van der Waals surface area contributed by atoms with E-state index in [1.54, 1.807) is 0 Å². The molecule has 1 rings (SSSR count). The Labute approximate surface area is 94.0 Å². The highest BCUT2D eigenvalue weighted by Gasteiger charge is 2.35. The number of ether oxygens (including phenoxy) is 1. The van der Waals surface area contributed by atoms with Gasteiger partial charge in [0.05, 0.1) is 6.10 Å². The van der Waals surface area contributed by atoms with Gasteiger partial charge in [0.2, 0.25) is 0 Å². The van der Waals surface area contributed by atoms with E-state index < -0.39 is 0 Å². The van der Waals surface area contributed by atoms with E-state index in [0.717, 1.165) is 32.7 Å². The molecule has 2 unspecified atom stereocenters. The maximum atomic E-state index is 5.95. The summed E-state index contributed by atoms with van der Waals surface area (Å²) in [6, 6.07) is 0. The zero-order valence-electron chi connectivity index (χ0n) is 10.6. The largest absolute Gasteiger partial charge is 0.377 e. The first-order chi connectivity index (χ1) is 7.00. The Bertz CT molecular complexity index is 196. The molecule has 1 saturated heterocycles. The number of hydrogen-bond donors (Lipinski definition) is 1. The van der Waals surface area contributed by atoms with Gasteiger partial charge in [-0.05, 0) is 26.2 Å². The molecule has 0 saturated carbocycles. The Hall–Kier alpha value is -0.120. The van der Waals surface area contributed by atoms with Gasteiger partial charge < -0.3 is 10.5 Å². The third-order valence-electron chi connectivity index (χ3n) is 3.83. The molecule has 1 aliphatic rings. The van der Waals surface area contributed by atoms with Crippen LogP contribution in [0.25, 0.3) is 0 Å². The number of hydrogen-bond acceptors (Lipinski definition) is 3. The summed E-state index contributed by atoms with van der Waals surface area (Å²) in [5.41, 5.74) is 6.07. The van der Waals surface area contributed by atoms with Crippen LogP contribution in [-0.4, -0.2) is 42.8 Å². The van der Waals surface area contributed by atoms with Crippen LogP contribution >= 0.6 is 0 Å². The van der Waals surface area contributed by atoms with Crippen LogP contribution in [0.2, 0.25) is 0 Å². The molecular weight excluding hydrogens is 188 g/mol. The van der Waals surface area contributed by atoms with Gasteiger partial charge in [0.25, 0.3) is 0 Å². The summed E-state index contributed by atoms with van der Waals surface area (Å²) in [5, 5.41) is 0. The molecular formula is C12H26N2O. The van der Waals surface area contributed by atoms with Crippen molar-refractivity contribution in [3.05, 3.63) is 0 Å². The Balaban J connectivity index is 2.73. The lowest BCUT2D eigenvalue weighted by atomic mass is 9.86. The molecule has 2 atom stereocenters. The van der Waals surface area contributed by atoms with E-state index in [2.05, 4.69) is 32.6 Å². The first kappa shape index (κ1) is 12.9. The fourth-order valence-corrected chi connectivity index (χ4v) is 2.19. The first-order valence-corrected chi connectivity index (χ1v) is 6.07. The molecule has 0 radical (unpaired) electrons. The average molecular weight is 214 g/mol. The lowest BCUT2D eigenvalue weighted by Crippen LogP contribution is -2.56. The lowest BCUT2D eigenvalue weighted by molar-refractivity contribution is 0.0264. The van der Waals surface area contributed by atoms with Crippen molar-refractivity contribution in [3.63, 3.8) is 0 Å². The Kier molecular flexibility index (Phi) is 4.56. The van der Waals surface area contributed by atoms with Crippen LogP contribution in [0.3, 0.4) is 0 Å². The minimum atomic E-state index is 0.113. The van der Waals surface area contributed by atoms with Crippen molar-refractivity contribution in [1.29, 1.82) is 0 Å². The minimum Gasteiger partial charge on any atom is -0.377 e. The van der Waals surface area contributed by atoms with Crippen molar-refractivity contribution in [1.82, 2.24) is 4.90 Å². The molecule has 2 N–H and O–H groups in total. The summed E-state index contributed by atoms with van der Waals surface area (Å²) < 4.78 is 5.67. The normalized spacial score (nSPS) is 28.8. The van der Waals surface area contributed by atoms with Crippen LogP contribution in [-0.2, 0) is 4.74 Å². The SMILES string of the molecule is CC1CN(C(C)(CN)C(C)C)CCCO1. The Morgan fingerprint density at radius 2 is 2.20 bits per heavy atom. The number of nitrogens with zero attached hydrogens (tertiary/aromatic N) is 1. The van der Waals surface area contributed by atoms with Crippen molar-refractivity contribution >= 4 is 0 Å². The summed E-state index contributed by atoms with van der Waals surface area (Å²) >= 11 is 0. The van der Waals surface area contributed by atoms with Gasteiger partial charge in [-0.3, -0.25) is 4.90 Å². The molecule has 1 fully saturated rings. The second kappa shape index (κ2) is 5.28. The predicted molar refractivity (Wildman–Crippen MR) is 63.9 cm³/mol. The van der Waals surface area contributed by atoms with Gasteiger partial charge in [-0.25, -0.2) is 0 Å². The molecule has 3 heteroatoms. The van der Waals surface area contributed by atoms with Crippen LogP contribution in [0.15, 0.2) is 0 Å². The zero-order chi connectivity index (χ0) is 11.5. The molecule has 0 amide bonds. The lowest BCUT2D eigenvalue weighted by Gasteiger charge is -2.44. The second-order valence-corrected chi connectivity index (χ2v) is 5.20. The summed E-state index contributed by atoms with van der Waals surface area (Å²) in [6.07, 6.45) is 1.45. The molecule has 0 spiro atoms. The Morgan fingerprint density at radius 1 is 1.53 bits per heavy atom. The molecule has 90 valence electrons. The maximum absolute atomic E-state index is 5.95. The van der Waals surface area contributed by atoms with E-state index in [1.807, 2.05) is 0 Å². The smallest absolute Gasteiger partial charge is 0.0674 e. The second-order valence-electron chi connectivity index (χ2n) is 5.20. The quantitative estimate of drug-likeness (QED) is 0.773. The fraction of sp³-hybridized carbons (Fsp3) is 1.00. The van der Waals surface area contributed by atoms with E-state index >= 15 is 0 Å². The topological polar surface area (TPSA) is 38.5 Å². The van der Waals surface area contributed by atoms with Crippen molar-refractivity contribution < 1.29 is 4.74 Å². The Morgan fingerprint density at radius 3 is 2.73 bits per heavy atom. The summed E-state index contributed by atoms with van der Waals surface area (Å²) in [5.74, 6) is 0.577. The molecule has 0 aromatic heterocycles. The highest BCUT2D eigenvalue weighted by atomic mass is 16.5. The zero-order valence-corrected chi connectivity index (χ0v) is 10.6. The van der Waals surface area contributed by atoms with E-state index in [4.69, 9.17) is 10.5 Å². The van der Waals surface area contributed by atoms with Crippen molar-refractivity contribution in [2.45, 2.75) is 45.8 Å².